The molecule has 0 amide bonds. The van der Waals surface area contributed by atoms with Crippen molar-refractivity contribution in [1.82, 2.24) is 4.90 Å². The first kappa shape index (κ1) is 14.3. The van der Waals surface area contributed by atoms with Gasteiger partial charge in [0.2, 0.25) is 0 Å². The van der Waals surface area contributed by atoms with Crippen molar-refractivity contribution in [3.05, 3.63) is 32.8 Å². The number of likely N-dealkylation sites (N-methyl/N-ethyl adjacent to an activating group) is 1. The Kier molecular flexibility index (Phi) is 4.76. The lowest BCUT2D eigenvalue weighted by Crippen LogP contribution is -2.34. The van der Waals surface area contributed by atoms with Gasteiger partial charge in [0, 0.05) is 23.1 Å². The molecule has 2 rings (SSSR count). The summed E-state index contributed by atoms with van der Waals surface area (Å²) in [5.74, 6) is 0. The normalized spacial score (nSPS) is 19.6. The predicted molar refractivity (Wildman–Crippen MR) is 79.6 cm³/mol. The average Bonchev–Trinajstić information content (AvgIpc) is 2.83. The van der Waals surface area contributed by atoms with Crippen LogP contribution in [0.4, 0.5) is 11.4 Å². The maximum Gasteiger partial charge on any atom is 0.292 e. The fourth-order valence-corrected chi connectivity index (χ4v) is 2.94. The van der Waals surface area contributed by atoms with E-state index in [0.717, 1.165) is 30.5 Å². The number of nitrogens with one attached hydrogen (secondary N) is 1. The molecule has 0 radical (unpaired) electrons. The van der Waals surface area contributed by atoms with Crippen molar-refractivity contribution in [3.63, 3.8) is 0 Å². The number of hydrogen-bond donors (Lipinski definition) is 1. The minimum Gasteiger partial charge on any atom is -0.378 e. The summed E-state index contributed by atoms with van der Waals surface area (Å²) in [4.78, 5) is 13.1. The molecule has 19 heavy (non-hydrogen) atoms. The second-order valence-electron chi connectivity index (χ2n) is 4.72. The number of nitro benzene ring substituents is 1. The van der Waals surface area contributed by atoms with Crippen LogP contribution in [0.15, 0.2) is 22.7 Å². The molecule has 0 spiro atoms. The summed E-state index contributed by atoms with van der Waals surface area (Å²) in [7, 11) is 0. The van der Waals surface area contributed by atoms with Gasteiger partial charge in [0.25, 0.3) is 5.69 Å². The van der Waals surface area contributed by atoms with E-state index in [1.54, 1.807) is 12.1 Å². The molecule has 0 aliphatic carbocycles. The number of halogens is 1. The van der Waals surface area contributed by atoms with E-state index < -0.39 is 0 Å². The number of rotatable bonds is 5. The van der Waals surface area contributed by atoms with E-state index in [0.29, 0.717) is 11.7 Å². The zero-order chi connectivity index (χ0) is 13.8. The molecule has 1 N–H and O–H groups in total. The van der Waals surface area contributed by atoms with Crippen molar-refractivity contribution < 1.29 is 4.92 Å². The Morgan fingerprint density at radius 3 is 3.05 bits per heavy atom. The van der Waals surface area contributed by atoms with E-state index in [1.807, 2.05) is 0 Å². The van der Waals surface area contributed by atoms with Gasteiger partial charge in [-0.1, -0.05) is 22.9 Å². The van der Waals surface area contributed by atoms with Gasteiger partial charge in [-0.25, -0.2) is 0 Å². The number of hydrogen-bond acceptors (Lipinski definition) is 4. The minimum absolute atomic E-state index is 0.129. The first-order chi connectivity index (χ1) is 9.11. The van der Waals surface area contributed by atoms with Gasteiger partial charge in [0.05, 0.1) is 4.92 Å². The Labute approximate surface area is 121 Å². The van der Waals surface area contributed by atoms with E-state index in [2.05, 4.69) is 33.1 Å². The fraction of sp³-hybridized carbons (Fsp3) is 0.538. The summed E-state index contributed by atoms with van der Waals surface area (Å²) in [5.41, 5.74) is 0.714. The zero-order valence-electron chi connectivity index (χ0n) is 10.9. The molecule has 1 aliphatic heterocycles. The highest BCUT2D eigenvalue weighted by atomic mass is 79.9. The van der Waals surface area contributed by atoms with E-state index in [-0.39, 0.29) is 10.6 Å². The smallest absolute Gasteiger partial charge is 0.292 e. The average molecular weight is 328 g/mol. The quantitative estimate of drug-likeness (QED) is 0.666. The standard InChI is InChI=1S/C13H18BrN3O2/c1-2-16-7-3-4-11(16)9-15-12-8-10(14)5-6-13(12)17(18)19/h5-6,8,11,15H,2-4,7,9H2,1H3. The van der Waals surface area contributed by atoms with Crippen molar-refractivity contribution in [2.45, 2.75) is 25.8 Å². The van der Waals surface area contributed by atoms with Crippen LogP contribution in [-0.2, 0) is 0 Å². The van der Waals surface area contributed by atoms with Gasteiger partial charge in [0.15, 0.2) is 0 Å². The number of anilines is 1. The Balaban J connectivity index is 2.06. The summed E-state index contributed by atoms with van der Waals surface area (Å²) in [6.45, 7) is 5.07. The topological polar surface area (TPSA) is 58.4 Å². The largest absolute Gasteiger partial charge is 0.378 e. The third kappa shape index (κ3) is 3.45. The van der Waals surface area contributed by atoms with Crippen LogP contribution in [0.3, 0.4) is 0 Å². The summed E-state index contributed by atoms with van der Waals surface area (Å²) in [5, 5.41) is 14.2. The molecule has 6 heteroatoms. The molecule has 1 fully saturated rings. The van der Waals surface area contributed by atoms with Crippen molar-refractivity contribution in [2.75, 3.05) is 25.0 Å². The summed E-state index contributed by atoms with van der Waals surface area (Å²) < 4.78 is 0.847. The highest BCUT2D eigenvalue weighted by Gasteiger charge is 2.23. The fourth-order valence-electron chi connectivity index (χ4n) is 2.58. The monoisotopic (exact) mass is 327 g/mol. The van der Waals surface area contributed by atoms with E-state index in [1.165, 1.54) is 12.5 Å². The molecular weight excluding hydrogens is 310 g/mol. The second-order valence-corrected chi connectivity index (χ2v) is 5.64. The summed E-state index contributed by atoms with van der Waals surface area (Å²) in [6.07, 6.45) is 2.36. The molecule has 1 aliphatic rings. The van der Waals surface area contributed by atoms with Crippen LogP contribution in [0.2, 0.25) is 0 Å². The van der Waals surface area contributed by atoms with Gasteiger partial charge in [-0.2, -0.15) is 0 Å². The van der Waals surface area contributed by atoms with Crippen LogP contribution in [0.1, 0.15) is 19.8 Å². The third-order valence-electron chi connectivity index (χ3n) is 3.59. The maximum absolute atomic E-state index is 11.0. The summed E-state index contributed by atoms with van der Waals surface area (Å²) in [6, 6.07) is 5.46. The Morgan fingerprint density at radius 2 is 2.37 bits per heavy atom. The number of nitro groups is 1. The van der Waals surface area contributed by atoms with Crippen molar-refractivity contribution in [2.24, 2.45) is 0 Å². The lowest BCUT2D eigenvalue weighted by Gasteiger charge is -2.23. The molecule has 5 nitrogen and oxygen atoms in total. The Bertz CT molecular complexity index is 467. The van der Waals surface area contributed by atoms with Crippen LogP contribution in [0.25, 0.3) is 0 Å². The molecule has 1 aromatic carbocycles. The van der Waals surface area contributed by atoms with Crippen LogP contribution < -0.4 is 5.32 Å². The van der Waals surface area contributed by atoms with Gasteiger partial charge >= 0.3 is 0 Å². The van der Waals surface area contributed by atoms with Gasteiger partial charge in [-0.05, 0) is 38.1 Å². The van der Waals surface area contributed by atoms with Crippen LogP contribution in [0.5, 0.6) is 0 Å². The van der Waals surface area contributed by atoms with Crippen molar-refractivity contribution >= 4 is 27.3 Å². The lowest BCUT2D eigenvalue weighted by molar-refractivity contribution is -0.384. The van der Waals surface area contributed by atoms with Gasteiger partial charge in [-0.3, -0.25) is 15.0 Å². The van der Waals surface area contributed by atoms with E-state index >= 15 is 0 Å². The molecule has 1 heterocycles. The van der Waals surface area contributed by atoms with E-state index in [4.69, 9.17) is 0 Å². The number of benzene rings is 1. The third-order valence-corrected chi connectivity index (χ3v) is 4.08. The Morgan fingerprint density at radius 1 is 1.58 bits per heavy atom. The molecule has 1 atom stereocenters. The molecule has 1 aromatic rings. The molecular formula is C13H18BrN3O2. The first-order valence-corrected chi connectivity index (χ1v) is 7.33. The SMILES string of the molecule is CCN1CCCC1CNc1cc(Br)ccc1[N+](=O)[O-]. The van der Waals surface area contributed by atoms with Crippen LogP contribution >= 0.6 is 15.9 Å². The highest BCUT2D eigenvalue weighted by molar-refractivity contribution is 9.10. The number of nitrogens with zero attached hydrogens (tertiary/aromatic N) is 2. The second kappa shape index (κ2) is 6.34. The lowest BCUT2D eigenvalue weighted by atomic mass is 10.2. The molecule has 0 aromatic heterocycles. The Hall–Kier alpha value is -1.14. The zero-order valence-corrected chi connectivity index (χ0v) is 12.5. The maximum atomic E-state index is 11.0. The van der Waals surface area contributed by atoms with Gasteiger partial charge in [0.1, 0.15) is 5.69 Å². The molecule has 0 bridgehead atoms. The van der Waals surface area contributed by atoms with Crippen molar-refractivity contribution in [1.29, 1.82) is 0 Å². The van der Waals surface area contributed by atoms with Crippen molar-refractivity contribution in [3.8, 4) is 0 Å². The molecule has 1 unspecified atom stereocenters. The molecule has 0 saturated carbocycles. The van der Waals surface area contributed by atoms with Crippen LogP contribution in [0, 0.1) is 10.1 Å². The van der Waals surface area contributed by atoms with Crippen LogP contribution in [-0.4, -0.2) is 35.5 Å². The van der Waals surface area contributed by atoms with Gasteiger partial charge < -0.3 is 5.32 Å². The number of likely N-dealkylation sites (tertiary alicyclic amines) is 1. The molecule has 1 saturated heterocycles. The molecule has 104 valence electrons. The van der Waals surface area contributed by atoms with Gasteiger partial charge in [-0.15, -0.1) is 0 Å². The summed E-state index contributed by atoms with van der Waals surface area (Å²) >= 11 is 3.35. The highest BCUT2D eigenvalue weighted by Crippen LogP contribution is 2.28. The first-order valence-electron chi connectivity index (χ1n) is 6.53. The van der Waals surface area contributed by atoms with E-state index in [9.17, 15) is 10.1 Å². The predicted octanol–water partition coefficient (Wildman–Crippen LogP) is 3.25. The minimum atomic E-state index is -0.346.